The molecule has 2 rings (SSSR count). The zero-order valence-electron chi connectivity index (χ0n) is 9.39. The van der Waals surface area contributed by atoms with Crippen LogP contribution in [0.1, 0.15) is 39.0 Å². The monoisotopic (exact) mass is 196 g/mol. The van der Waals surface area contributed by atoms with Gasteiger partial charge in [0.25, 0.3) is 0 Å². The fourth-order valence-corrected chi connectivity index (χ4v) is 2.96. The van der Waals surface area contributed by atoms with Gasteiger partial charge in [-0.2, -0.15) is 0 Å². The maximum atomic E-state index is 3.72. The van der Waals surface area contributed by atoms with Gasteiger partial charge in [0.05, 0.1) is 0 Å². The maximum Gasteiger partial charge on any atom is 0.00983 e. The van der Waals surface area contributed by atoms with E-state index in [0.29, 0.717) is 0 Å². The normalized spacial score (nSPS) is 40.5. The van der Waals surface area contributed by atoms with Gasteiger partial charge < -0.3 is 10.6 Å². The highest BCUT2D eigenvalue weighted by molar-refractivity contribution is 4.84. The molecule has 0 radical (unpaired) electrons. The molecular formula is C12H24N2. The van der Waals surface area contributed by atoms with E-state index in [9.17, 15) is 0 Å². The Morgan fingerprint density at radius 1 is 1.00 bits per heavy atom. The Morgan fingerprint density at radius 2 is 1.93 bits per heavy atom. The molecule has 2 nitrogen and oxygen atoms in total. The zero-order chi connectivity index (χ0) is 9.80. The van der Waals surface area contributed by atoms with E-state index in [0.717, 1.165) is 17.9 Å². The van der Waals surface area contributed by atoms with Gasteiger partial charge in [0.1, 0.15) is 0 Å². The lowest BCUT2D eigenvalue weighted by Crippen LogP contribution is -2.42. The van der Waals surface area contributed by atoms with Crippen LogP contribution in [0.5, 0.6) is 0 Å². The van der Waals surface area contributed by atoms with Crippen LogP contribution in [0.25, 0.3) is 0 Å². The fraction of sp³-hybridized carbons (Fsp3) is 1.00. The van der Waals surface area contributed by atoms with Crippen LogP contribution in [0.4, 0.5) is 0 Å². The lowest BCUT2D eigenvalue weighted by Gasteiger charge is -2.33. The largest absolute Gasteiger partial charge is 0.317 e. The van der Waals surface area contributed by atoms with Crippen molar-refractivity contribution < 1.29 is 0 Å². The Morgan fingerprint density at radius 3 is 2.79 bits per heavy atom. The van der Waals surface area contributed by atoms with E-state index in [1.807, 2.05) is 0 Å². The molecule has 14 heavy (non-hydrogen) atoms. The van der Waals surface area contributed by atoms with E-state index in [2.05, 4.69) is 17.6 Å². The predicted molar refractivity (Wildman–Crippen MR) is 60.4 cm³/mol. The van der Waals surface area contributed by atoms with Gasteiger partial charge >= 0.3 is 0 Å². The molecule has 0 aromatic rings. The van der Waals surface area contributed by atoms with Gasteiger partial charge in [-0.25, -0.2) is 0 Å². The molecule has 3 atom stereocenters. The average Bonchev–Trinajstić information content (AvgIpc) is 2.45. The molecule has 0 spiro atoms. The van der Waals surface area contributed by atoms with Crippen LogP contribution in [-0.4, -0.2) is 25.7 Å². The summed E-state index contributed by atoms with van der Waals surface area (Å²) >= 11 is 0. The third-order valence-electron chi connectivity index (χ3n) is 3.89. The van der Waals surface area contributed by atoms with Crippen molar-refractivity contribution in [2.24, 2.45) is 11.8 Å². The predicted octanol–water partition coefficient (Wildman–Crippen LogP) is 1.76. The number of rotatable bonds is 1. The van der Waals surface area contributed by atoms with Crippen molar-refractivity contribution in [2.45, 2.75) is 45.1 Å². The van der Waals surface area contributed by atoms with Crippen LogP contribution in [0.2, 0.25) is 0 Å². The highest BCUT2D eigenvalue weighted by Gasteiger charge is 2.26. The Kier molecular flexibility index (Phi) is 3.82. The Hall–Kier alpha value is -0.0800. The van der Waals surface area contributed by atoms with E-state index in [1.165, 1.54) is 51.7 Å². The van der Waals surface area contributed by atoms with Crippen LogP contribution in [-0.2, 0) is 0 Å². The third kappa shape index (κ3) is 2.71. The lowest BCUT2D eigenvalue weighted by atomic mass is 9.83. The summed E-state index contributed by atoms with van der Waals surface area (Å²) in [5.41, 5.74) is 0. The Labute approximate surface area is 87.8 Å². The van der Waals surface area contributed by atoms with Crippen LogP contribution in [0, 0.1) is 11.8 Å². The van der Waals surface area contributed by atoms with Gasteiger partial charge in [0.2, 0.25) is 0 Å². The third-order valence-corrected chi connectivity index (χ3v) is 3.89. The van der Waals surface area contributed by atoms with Gasteiger partial charge in [-0.1, -0.05) is 6.92 Å². The molecule has 2 N–H and O–H groups in total. The molecule has 0 saturated carbocycles. The van der Waals surface area contributed by atoms with Gasteiger partial charge in [-0.05, 0) is 63.6 Å². The van der Waals surface area contributed by atoms with Crippen molar-refractivity contribution in [3.63, 3.8) is 0 Å². The standard InChI is InChI=1S/C12H24N2/c1-10-4-8-14-12(9-10)11-3-2-6-13-7-5-11/h10-14H,2-9H2,1H3. The summed E-state index contributed by atoms with van der Waals surface area (Å²) in [5, 5.41) is 7.22. The van der Waals surface area contributed by atoms with Gasteiger partial charge in [0, 0.05) is 6.04 Å². The van der Waals surface area contributed by atoms with Crippen LogP contribution in [0.15, 0.2) is 0 Å². The Bertz CT molecular complexity index is 162. The van der Waals surface area contributed by atoms with Crippen molar-refractivity contribution in [1.82, 2.24) is 10.6 Å². The first-order valence-corrected chi connectivity index (χ1v) is 6.30. The topological polar surface area (TPSA) is 24.1 Å². The average molecular weight is 196 g/mol. The lowest BCUT2D eigenvalue weighted by molar-refractivity contribution is 0.233. The highest BCUT2D eigenvalue weighted by Crippen LogP contribution is 2.26. The maximum absolute atomic E-state index is 3.72. The SMILES string of the molecule is CC1CCNC(C2CCCNCC2)C1. The minimum absolute atomic E-state index is 0.818. The molecule has 2 heterocycles. The number of piperidine rings is 1. The molecule has 0 bridgehead atoms. The summed E-state index contributed by atoms with van der Waals surface area (Å²) in [6, 6.07) is 0.818. The van der Waals surface area contributed by atoms with Gasteiger partial charge in [-0.3, -0.25) is 0 Å². The van der Waals surface area contributed by atoms with E-state index < -0.39 is 0 Å². The number of nitrogens with one attached hydrogen (secondary N) is 2. The molecule has 2 saturated heterocycles. The summed E-state index contributed by atoms with van der Waals surface area (Å²) in [5.74, 6) is 1.88. The molecule has 2 aliphatic rings. The second-order valence-corrected chi connectivity index (χ2v) is 5.13. The van der Waals surface area contributed by atoms with Crippen molar-refractivity contribution >= 4 is 0 Å². The van der Waals surface area contributed by atoms with Crippen molar-refractivity contribution in [1.29, 1.82) is 0 Å². The van der Waals surface area contributed by atoms with E-state index in [4.69, 9.17) is 0 Å². The summed E-state index contributed by atoms with van der Waals surface area (Å²) < 4.78 is 0. The summed E-state index contributed by atoms with van der Waals surface area (Å²) in [6.07, 6.45) is 6.96. The van der Waals surface area contributed by atoms with Crippen molar-refractivity contribution in [3.8, 4) is 0 Å². The molecule has 0 aromatic heterocycles. The molecular weight excluding hydrogens is 172 g/mol. The Balaban J connectivity index is 1.85. The van der Waals surface area contributed by atoms with Crippen LogP contribution < -0.4 is 10.6 Å². The fourth-order valence-electron chi connectivity index (χ4n) is 2.96. The molecule has 0 amide bonds. The minimum Gasteiger partial charge on any atom is -0.317 e. The molecule has 82 valence electrons. The second-order valence-electron chi connectivity index (χ2n) is 5.13. The smallest absolute Gasteiger partial charge is 0.00983 e. The van der Waals surface area contributed by atoms with Crippen LogP contribution in [0.3, 0.4) is 0 Å². The molecule has 0 aromatic carbocycles. The van der Waals surface area contributed by atoms with E-state index >= 15 is 0 Å². The summed E-state index contributed by atoms with van der Waals surface area (Å²) in [6.45, 7) is 6.12. The first kappa shape index (κ1) is 10.4. The van der Waals surface area contributed by atoms with E-state index in [1.54, 1.807) is 0 Å². The van der Waals surface area contributed by atoms with Crippen LogP contribution >= 0.6 is 0 Å². The zero-order valence-corrected chi connectivity index (χ0v) is 9.39. The molecule has 0 aliphatic carbocycles. The molecule has 2 aliphatic heterocycles. The first-order valence-electron chi connectivity index (χ1n) is 6.30. The van der Waals surface area contributed by atoms with Crippen molar-refractivity contribution in [2.75, 3.05) is 19.6 Å². The first-order chi connectivity index (χ1) is 6.86. The quantitative estimate of drug-likeness (QED) is 0.668. The highest BCUT2D eigenvalue weighted by atomic mass is 14.9. The number of hydrogen-bond acceptors (Lipinski definition) is 2. The van der Waals surface area contributed by atoms with Gasteiger partial charge in [-0.15, -0.1) is 0 Å². The van der Waals surface area contributed by atoms with Crippen molar-refractivity contribution in [3.05, 3.63) is 0 Å². The summed E-state index contributed by atoms with van der Waals surface area (Å²) in [7, 11) is 0. The number of hydrogen-bond donors (Lipinski definition) is 2. The van der Waals surface area contributed by atoms with E-state index in [-0.39, 0.29) is 0 Å². The summed E-state index contributed by atoms with van der Waals surface area (Å²) in [4.78, 5) is 0. The molecule has 3 unspecified atom stereocenters. The second kappa shape index (κ2) is 5.13. The molecule has 2 fully saturated rings. The molecule has 2 heteroatoms. The van der Waals surface area contributed by atoms with Gasteiger partial charge in [0.15, 0.2) is 0 Å². The minimum atomic E-state index is 0.818.